The van der Waals surface area contributed by atoms with Crippen molar-refractivity contribution in [1.82, 2.24) is 20.9 Å². The summed E-state index contributed by atoms with van der Waals surface area (Å²) < 4.78 is 21.5. The fourth-order valence-electron chi connectivity index (χ4n) is 3.69. The van der Waals surface area contributed by atoms with Gasteiger partial charge in [-0.1, -0.05) is 20.8 Å². The Morgan fingerprint density at radius 1 is 0.744 bits per heavy atom. The van der Waals surface area contributed by atoms with Gasteiger partial charge in [-0.3, -0.25) is 33.7 Å². The molecule has 3 N–H and O–H groups in total. The molecule has 0 aliphatic carbocycles. The van der Waals surface area contributed by atoms with Crippen molar-refractivity contribution >= 4 is 35.3 Å². The molecule has 0 radical (unpaired) electrons. The monoisotopic (exact) mass is 612 g/mol. The predicted octanol–water partition coefficient (Wildman–Crippen LogP) is -0.111. The summed E-state index contributed by atoms with van der Waals surface area (Å²) >= 11 is 0. The Bertz CT molecular complexity index is 951. The molecule has 43 heavy (non-hydrogen) atoms. The van der Waals surface area contributed by atoms with Crippen LogP contribution in [-0.4, -0.2) is 118 Å². The van der Waals surface area contributed by atoms with Crippen LogP contribution in [0.3, 0.4) is 0 Å². The number of nitrogens with one attached hydrogen (secondary N) is 3. The molecule has 1 heterocycles. The Morgan fingerprint density at radius 3 is 1.79 bits per heavy atom. The van der Waals surface area contributed by atoms with Gasteiger partial charge in [0.2, 0.25) is 17.7 Å². The lowest BCUT2D eigenvalue weighted by Gasteiger charge is -2.26. The number of Topliss-reactive ketones (excluding diaryl/α,β-unsaturated/α-hetero) is 1. The quantitative estimate of drug-likeness (QED) is 0.0984. The van der Waals surface area contributed by atoms with Crippen LogP contribution in [0.25, 0.3) is 0 Å². The molecule has 1 aliphatic heterocycles. The third kappa shape index (κ3) is 15.7. The van der Waals surface area contributed by atoms with Crippen molar-refractivity contribution in [3.8, 4) is 0 Å². The highest BCUT2D eigenvalue weighted by Gasteiger charge is 2.31. The van der Waals surface area contributed by atoms with Crippen molar-refractivity contribution in [3.05, 3.63) is 12.2 Å². The first-order chi connectivity index (χ1) is 20.4. The molecule has 0 aromatic carbocycles. The molecule has 5 amide bonds. The van der Waals surface area contributed by atoms with E-state index in [-0.39, 0.29) is 43.6 Å². The van der Waals surface area contributed by atoms with Crippen LogP contribution in [0.2, 0.25) is 0 Å². The zero-order valence-corrected chi connectivity index (χ0v) is 26.0. The molecule has 14 heteroatoms. The third-order valence-corrected chi connectivity index (χ3v) is 6.69. The Morgan fingerprint density at radius 2 is 1.26 bits per heavy atom. The van der Waals surface area contributed by atoms with E-state index in [0.29, 0.717) is 59.2 Å². The average Bonchev–Trinajstić information content (AvgIpc) is 3.29. The second-order valence-electron chi connectivity index (χ2n) is 10.6. The fourth-order valence-corrected chi connectivity index (χ4v) is 3.69. The number of hydrogen-bond donors (Lipinski definition) is 3. The number of imide groups is 1. The Hall–Kier alpha value is -3.20. The van der Waals surface area contributed by atoms with Crippen molar-refractivity contribution in [3.63, 3.8) is 0 Å². The summed E-state index contributed by atoms with van der Waals surface area (Å²) in [6, 6.07) is -1.42. The van der Waals surface area contributed by atoms with Gasteiger partial charge in [0.1, 0.15) is 6.04 Å². The van der Waals surface area contributed by atoms with Gasteiger partial charge < -0.3 is 34.9 Å². The molecule has 1 aliphatic rings. The first-order valence-electron chi connectivity index (χ1n) is 14.6. The Kier molecular flexibility index (Phi) is 18.2. The summed E-state index contributed by atoms with van der Waals surface area (Å²) in [4.78, 5) is 72.5. The smallest absolute Gasteiger partial charge is 0.253 e. The van der Waals surface area contributed by atoms with Gasteiger partial charge in [0.15, 0.2) is 5.78 Å². The van der Waals surface area contributed by atoms with Gasteiger partial charge in [-0.05, 0) is 20.3 Å². The number of carbonyl (C=O) groups excluding carboxylic acids is 6. The summed E-state index contributed by atoms with van der Waals surface area (Å²) in [6.07, 6.45) is 3.14. The SMILES string of the molecule is CCC(C)(C)C(=O)[C@H](C)NC(=O)[C@H](C)NC(=O)CCOCCOCCOCCOCCNC(=O)CCN1C(=O)C=CC1=O. The molecule has 0 aromatic heterocycles. The average molecular weight is 613 g/mol. The number of ether oxygens (including phenoxy) is 4. The minimum Gasteiger partial charge on any atom is -0.379 e. The van der Waals surface area contributed by atoms with Gasteiger partial charge in [0.05, 0.1) is 58.9 Å². The van der Waals surface area contributed by atoms with Crippen LogP contribution in [0.1, 0.15) is 53.9 Å². The second kappa shape index (κ2) is 20.7. The van der Waals surface area contributed by atoms with Crippen LogP contribution < -0.4 is 16.0 Å². The van der Waals surface area contributed by atoms with E-state index in [1.54, 1.807) is 13.8 Å². The molecule has 2 atom stereocenters. The highest BCUT2D eigenvalue weighted by Crippen LogP contribution is 2.22. The summed E-state index contributed by atoms with van der Waals surface area (Å²) in [5.74, 6) is -1.91. The molecule has 0 aromatic rings. The molecule has 0 bridgehead atoms. The van der Waals surface area contributed by atoms with Gasteiger partial charge in [-0.2, -0.15) is 0 Å². The van der Waals surface area contributed by atoms with Crippen LogP contribution in [0, 0.1) is 5.41 Å². The van der Waals surface area contributed by atoms with E-state index in [1.807, 2.05) is 20.8 Å². The maximum atomic E-state index is 12.4. The lowest BCUT2D eigenvalue weighted by atomic mass is 9.82. The second-order valence-corrected chi connectivity index (χ2v) is 10.6. The van der Waals surface area contributed by atoms with Gasteiger partial charge >= 0.3 is 0 Å². The van der Waals surface area contributed by atoms with Gasteiger partial charge in [-0.25, -0.2) is 0 Å². The topological polar surface area (TPSA) is 179 Å². The molecule has 244 valence electrons. The van der Waals surface area contributed by atoms with Gasteiger partial charge in [-0.15, -0.1) is 0 Å². The Labute approximate surface area is 253 Å². The number of carbonyl (C=O) groups is 6. The summed E-state index contributed by atoms with van der Waals surface area (Å²) in [6.45, 7) is 11.7. The van der Waals surface area contributed by atoms with Crippen LogP contribution in [0.4, 0.5) is 0 Å². The third-order valence-electron chi connectivity index (χ3n) is 6.69. The minimum absolute atomic E-state index is 0.0322. The summed E-state index contributed by atoms with van der Waals surface area (Å²) in [5.41, 5.74) is -0.533. The highest BCUT2D eigenvalue weighted by molar-refractivity contribution is 6.13. The van der Waals surface area contributed by atoms with Crippen molar-refractivity contribution in [2.45, 2.75) is 66.0 Å². The zero-order chi connectivity index (χ0) is 32.3. The van der Waals surface area contributed by atoms with Crippen LogP contribution in [0.5, 0.6) is 0 Å². The van der Waals surface area contributed by atoms with E-state index in [4.69, 9.17) is 18.9 Å². The van der Waals surface area contributed by atoms with Crippen LogP contribution in [-0.2, 0) is 47.7 Å². The maximum Gasteiger partial charge on any atom is 0.253 e. The maximum absolute atomic E-state index is 12.4. The van der Waals surface area contributed by atoms with E-state index >= 15 is 0 Å². The predicted molar refractivity (Wildman–Crippen MR) is 156 cm³/mol. The Balaban J connectivity index is 1.92. The lowest BCUT2D eigenvalue weighted by Crippen LogP contribution is -2.51. The molecule has 14 nitrogen and oxygen atoms in total. The largest absolute Gasteiger partial charge is 0.379 e. The number of amides is 5. The number of ketones is 1. The normalized spacial score (nSPS) is 14.5. The van der Waals surface area contributed by atoms with Crippen LogP contribution >= 0.6 is 0 Å². The highest BCUT2D eigenvalue weighted by atomic mass is 16.6. The molecule has 0 saturated heterocycles. The van der Waals surface area contributed by atoms with Crippen molar-refractivity contribution < 1.29 is 47.7 Å². The molecular weight excluding hydrogens is 564 g/mol. The molecular formula is C29H48N4O10. The fraction of sp³-hybridized carbons (Fsp3) is 0.724. The summed E-state index contributed by atoms with van der Waals surface area (Å²) in [7, 11) is 0. The standard InChI is InChI=1S/C29H48N4O10/c1-6-29(4,5)27(38)21(2)32-28(39)22(3)31-24(35)10-13-40-15-17-42-19-20-43-18-16-41-14-11-30-23(34)9-12-33-25(36)7-8-26(33)37/h7-8,21-22H,6,9-20H2,1-5H3,(H,30,34)(H,31,35)(H,32,39)/t21-,22-/m0/s1. The lowest BCUT2D eigenvalue weighted by molar-refractivity contribution is -0.137. The number of hydrogen-bond acceptors (Lipinski definition) is 10. The zero-order valence-electron chi connectivity index (χ0n) is 26.0. The van der Waals surface area contributed by atoms with E-state index < -0.39 is 35.2 Å². The van der Waals surface area contributed by atoms with Crippen molar-refractivity contribution in [2.75, 3.05) is 65.9 Å². The van der Waals surface area contributed by atoms with Crippen LogP contribution in [0.15, 0.2) is 12.2 Å². The van der Waals surface area contributed by atoms with Crippen molar-refractivity contribution in [2.24, 2.45) is 5.41 Å². The molecule has 0 unspecified atom stereocenters. The van der Waals surface area contributed by atoms with E-state index in [9.17, 15) is 28.8 Å². The number of rotatable bonds is 24. The van der Waals surface area contributed by atoms with E-state index in [0.717, 1.165) is 4.90 Å². The first kappa shape index (κ1) is 37.8. The summed E-state index contributed by atoms with van der Waals surface area (Å²) in [5, 5.41) is 7.92. The van der Waals surface area contributed by atoms with Gasteiger partial charge in [0, 0.05) is 43.5 Å². The first-order valence-corrected chi connectivity index (χ1v) is 14.6. The minimum atomic E-state index is -0.780. The van der Waals surface area contributed by atoms with Gasteiger partial charge in [0.25, 0.3) is 11.8 Å². The number of nitrogens with zero attached hydrogens (tertiary/aromatic N) is 1. The molecule has 0 fully saturated rings. The molecule has 1 rings (SSSR count). The van der Waals surface area contributed by atoms with E-state index in [1.165, 1.54) is 12.2 Å². The molecule has 0 saturated carbocycles. The van der Waals surface area contributed by atoms with E-state index in [2.05, 4.69) is 16.0 Å². The molecule has 0 spiro atoms. The van der Waals surface area contributed by atoms with Crippen molar-refractivity contribution in [1.29, 1.82) is 0 Å².